The molecule has 110 valence electrons. The molecule has 0 bridgehead atoms. The molecule has 0 aliphatic rings. The molecule has 0 aliphatic carbocycles. The summed E-state index contributed by atoms with van der Waals surface area (Å²) in [5, 5.41) is 5.04. The van der Waals surface area contributed by atoms with Gasteiger partial charge in [-0.25, -0.2) is 8.42 Å². The van der Waals surface area contributed by atoms with E-state index in [0.29, 0.717) is 0 Å². The number of hydrogen-bond acceptors (Lipinski definition) is 3. The first-order valence-corrected chi connectivity index (χ1v) is 8.05. The largest absolute Gasteiger partial charge is 0.313 e. The Morgan fingerprint density at radius 1 is 1.19 bits per heavy atom. The molecule has 0 fully saturated rings. The molecular formula is C14H16N4O2S. The van der Waals surface area contributed by atoms with Gasteiger partial charge in [0.25, 0.3) is 10.0 Å². The van der Waals surface area contributed by atoms with Gasteiger partial charge in [0, 0.05) is 16.0 Å². The van der Waals surface area contributed by atoms with Crippen LogP contribution in [0.5, 0.6) is 0 Å². The molecule has 0 unspecified atom stereocenters. The second kappa shape index (κ2) is 6.58. The van der Waals surface area contributed by atoms with Crippen LogP contribution in [0, 0.1) is 0 Å². The highest BCUT2D eigenvalue weighted by Gasteiger charge is 2.12. The van der Waals surface area contributed by atoms with Crippen molar-refractivity contribution in [3.8, 4) is 0 Å². The Morgan fingerprint density at radius 2 is 1.95 bits per heavy atom. The van der Waals surface area contributed by atoms with E-state index in [4.69, 9.17) is 5.53 Å². The number of nitrogens with zero attached hydrogens (tertiary/aromatic N) is 3. The highest BCUT2D eigenvalue weighted by molar-refractivity contribution is 7.90. The smallest absolute Gasteiger partial charge is 0.264 e. The molecule has 2 aromatic rings. The molecule has 2 rings (SSSR count). The van der Waals surface area contributed by atoms with Gasteiger partial charge in [-0.2, -0.15) is 0 Å². The van der Waals surface area contributed by atoms with Crippen molar-refractivity contribution in [1.82, 2.24) is 5.32 Å². The van der Waals surface area contributed by atoms with Crippen LogP contribution < -0.4 is 5.32 Å². The van der Waals surface area contributed by atoms with Gasteiger partial charge < -0.3 is 5.32 Å². The predicted molar refractivity (Wildman–Crippen MR) is 82.3 cm³/mol. The number of benzene rings is 2. The van der Waals surface area contributed by atoms with E-state index < -0.39 is 10.0 Å². The quantitative estimate of drug-likeness (QED) is 0.384. The highest BCUT2D eigenvalue weighted by atomic mass is 32.2. The zero-order valence-corrected chi connectivity index (χ0v) is 12.5. The lowest BCUT2D eigenvalue weighted by molar-refractivity contribution is 0.597. The summed E-state index contributed by atoms with van der Waals surface area (Å²) in [5.74, 6) is 0. The van der Waals surface area contributed by atoms with Crippen molar-refractivity contribution < 1.29 is 8.42 Å². The lowest BCUT2D eigenvalue weighted by Crippen LogP contribution is -2.13. The van der Waals surface area contributed by atoms with Crippen LogP contribution in [-0.4, -0.2) is 15.0 Å². The van der Waals surface area contributed by atoms with E-state index in [1.54, 1.807) is 6.07 Å². The van der Waals surface area contributed by atoms with Gasteiger partial charge in [-0.05, 0) is 53.0 Å². The summed E-state index contributed by atoms with van der Waals surface area (Å²) in [7, 11) is -3.94. The van der Waals surface area contributed by atoms with Crippen molar-refractivity contribution in [2.45, 2.75) is 24.8 Å². The van der Waals surface area contributed by atoms with Crippen LogP contribution in [0.1, 0.15) is 18.9 Å². The second-order valence-electron chi connectivity index (χ2n) is 4.67. The number of fused-ring (bicyclic) bond motifs is 1. The van der Waals surface area contributed by atoms with E-state index in [1.807, 2.05) is 18.2 Å². The molecule has 6 nitrogen and oxygen atoms in total. The maximum Gasteiger partial charge on any atom is 0.264 e. The molecule has 0 aliphatic heterocycles. The molecule has 0 amide bonds. The molecular weight excluding hydrogens is 288 g/mol. The molecule has 0 saturated carbocycles. The van der Waals surface area contributed by atoms with Gasteiger partial charge >= 0.3 is 0 Å². The van der Waals surface area contributed by atoms with E-state index >= 15 is 0 Å². The summed E-state index contributed by atoms with van der Waals surface area (Å²) in [6.07, 6.45) is 1.06. The molecule has 21 heavy (non-hydrogen) atoms. The first-order chi connectivity index (χ1) is 10.1. The maximum absolute atomic E-state index is 11.7. The summed E-state index contributed by atoms with van der Waals surface area (Å²) in [6, 6.07) is 10.6. The Hall–Kier alpha value is -2.08. The minimum atomic E-state index is -3.94. The molecule has 0 radical (unpaired) electrons. The van der Waals surface area contributed by atoms with Crippen LogP contribution in [0.25, 0.3) is 21.2 Å². The van der Waals surface area contributed by atoms with E-state index in [9.17, 15) is 8.42 Å². The molecule has 2 aromatic carbocycles. The second-order valence-corrected chi connectivity index (χ2v) is 6.25. The molecule has 0 heterocycles. The van der Waals surface area contributed by atoms with Gasteiger partial charge in [0.2, 0.25) is 0 Å². The Bertz CT molecular complexity index is 796. The van der Waals surface area contributed by atoms with Crippen molar-refractivity contribution in [3.05, 3.63) is 52.4 Å². The van der Waals surface area contributed by atoms with E-state index in [2.05, 4.69) is 21.7 Å². The fraction of sp³-hybridized carbons (Fsp3) is 0.286. The lowest BCUT2D eigenvalue weighted by atomic mass is 10.1. The third-order valence-corrected chi connectivity index (χ3v) is 4.21. The van der Waals surface area contributed by atoms with Gasteiger partial charge in [0.05, 0.1) is 4.90 Å². The monoisotopic (exact) mass is 304 g/mol. The van der Waals surface area contributed by atoms with Gasteiger partial charge in [-0.3, -0.25) is 0 Å². The van der Waals surface area contributed by atoms with Crippen molar-refractivity contribution in [1.29, 1.82) is 0 Å². The van der Waals surface area contributed by atoms with Crippen LogP contribution >= 0.6 is 0 Å². The van der Waals surface area contributed by atoms with Crippen molar-refractivity contribution in [3.63, 3.8) is 0 Å². The summed E-state index contributed by atoms with van der Waals surface area (Å²) >= 11 is 0. The third-order valence-electron chi connectivity index (χ3n) is 3.07. The number of nitrogens with one attached hydrogen (secondary N) is 1. The summed E-state index contributed by atoms with van der Waals surface area (Å²) in [6.45, 7) is 3.76. The van der Waals surface area contributed by atoms with Gasteiger partial charge in [0.1, 0.15) is 0 Å². The first-order valence-electron chi connectivity index (χ1n) is 6.61. The molecule has 0 saturated heterocycles. The van der Waals surface area contributed by atoms with Gasteiger partial charge in [-0.15, -0.1) is 0 Å². The van der Waals surface area contributed by atoms with Crippen LogP contribution in [0.4, 0.5) is 0 Å². The molecule has 7 heteroatoms. The number of hydrogen-bond donors (Lipinski definition) is 1. The Labute approximate surface area is 123 Å². The third kappa shape index (κ3) is 3.72. The van der Waals surface area contributed by atoms with Crippen LogP contribution in [-0.2, 0) is 16.6 Å². The molecule has 1 N–H and O–H groups in total. The van der Waals surface area contributed by atoms with Gasteiger partial charge in [-0.1, -0.05) is 25.1 Å². The van der Waals surface area contributed by atoms with Crippen LogP contribution in [0.2, 0.25) is 0 Å². The minimum Gasteiger partial charge on any atom is -0.313 e. The van der Waals surface area contributed by atoms with Crippen LogP contribution in [0.3, 0.4) is 0 Å². The zero-order valence-electron chi connectivity index (χ0n) is 11.7. The molecule has 0 spiro atoms. The Balaban J connectivity index is 2.39. The number of sulfonamides is 1. The van der Waals surface area contributed by atoms with Crippen molar-refractivity contribution in [2.75, 3.05) is 6.54 Å². The fourth-order valence-electron chi connectivity index (χ4n) is 2.05. The fourth-order valence-corrected chi connectivity index (χ4v) is 2.76. The predicted octanol–water partition coefficient (Wildman–Crippen LogP) is 3.34. The molecule has 0 atom stereocenters. The molecule has 0 aromatic heterocycles. The normalized spacial score (nSPS) is 11.3. The average molecular weight is 304 g/mol. The lowest BCUT2D eigenvalue weighted by Gasteiger charge is -2.06. The van der Waals surface area contributed by atoms with E-state index in [1.165, 1.54) is 12.1 Å². The maximum atomic E-state index is 11.7. The van der Waals surface area contributed by atoms with Crippen molar-refractivity contribution >= 4 is 20.8 Å². The SMILES string of the molecule is CCCNCc1ccc2ccc(S(=O)(=O)N=[N+]=[N-])cc2c1. The number of rotatable bonds is 6. The Morgan fingerprint density at radius 3 is 2.67 bits per heavy atom. The van der Waals surface area contributed by atoms with E-state index in [0.717, 1.165) is 35.8 Å². The summed E-state index contributed by atoms with van der Waals surface area (Å²) in [5.41, 5.74) is 9.39. The van der Waals surface area contributed by atoms with Gasteiger partial charge in [0.15, 0.2) is 0 Å². The minimum absolute atomic E-state index is 0.00599. The average Bonchev–Trinajstić information content (AvgIpc) is 2.47. The topological polar surface area (TPSA) is 94.9 Å². The first kappa shape index (κ1) is 15.3. The Kier molecular flexibility index (Phi) is 4.80. The van der Waals surface area contributed by atoms with Crippen molar-refractivity contribution in [2.24, 2.45) is 4.52 Å². The zero-order chi connectivity index (χ0) is 15.3. The van der Waals surface area contributed by atoms with E-state index in [-0.39, 0.29) is 4.90 Å². The summed E-state index contributed by atoms with van der Waals surface area (Å²) in [4.78, 5) is 2.36. The summed E-state index contributed by atoms with van der Waals surface area (Å²) < 4.78 is 26.3. The standard InChI is InChI=1S/C14H16N4O2S/c1-2-7-16-10-11-3-4-12-5-6-14(9-13(12)8-11)21(19,20)18-17-15/h3-6,8-9,16H,2,7,10H2,1H3. The number of azide groups is 1. The highest BCUT2D eigenvalue weighted by Crippen LogP contribution is 2.22. The van der Waals surface area contributed by atoms with Crippen LogP contribution in [0.15, 0.2) is 45.8 Å².